The summed E-state index contributed by atoms with van der Waals surface area (Å²) in [6, 6.07) is 9.95. The number of aromatic nitrogens is 2. The quantitative estimate of drug-likeness (QED) is 0.717. The normalized spacial score (nSPS) is 10.7. The molecule has 0 saturated heterocycles. The number of thiophene rings is 1. The second kappa shape index (κ2) is 6.64. The summed E-state index contributed by atoms with van der Waals surface area (Å²) in [5, 5.41) is 10.5. The molecule has 3 rings (SSSR count). The maximum atomic E-state index is 12.2. The first-order valence-corrected chi connectivity index (χ1v) is 8.57. The number of rotatable bonds is 4. The van der Waals surface area contributed by atoms with Gasteiger partial charge in [-0.1, -0.05) is 28.9 Å². The van der Waals surface area contributed by atoms with Crippen molar-refractivity contribution in [1.82, 2.24) is 10.2 Å². The second-order valence-corrected chi connectivity index (χ2v) is 7.63. The summed E-state index contributed by atoms with van der Waals surface area (Å²) in [5.41, 5.74) is 3.20. The minimum absolute atomic E-state index is 0.111. The summed E-state index contributed by atoms with van der Waals surface area (Å²) in [6.45, 7) is 3.99. The van der Waals surface area contributed by atoms with Crippen molar-refractivity contribution in [3.63, 3.8) is 0 Å². The zero-order valence-corrected chi connectivity index (χ0v) is 15.0. The summed E-state index contributed by atoms with van der Waals surface area (Å²) >= 11 is 4.87. The van der Waals surface area contributed by atoms with Crippen LogP contribution in [0.4, 0.5) is 6.01 Å². The number of carbonyl (C=O) groups is 1. The lowest BCUT2D eigenvalue weighted by Gasteiger charge is -2.06. The minimum atomic E-state index is -0.179. The van der Waals surface area contributed by atoms with Crippen LogP contribution in [-0.4, -0.2) is 16.1 Å². The van der Waals surface area contributed by atoms with E-state index in [9.17, 15) is 4.79 Å². The molecule has 0 unspecified atom stereocenters. The molecule has 7 heteroatoms. The molecule has 1 amide bonds. The monoisotopic (exact) mass is 391 g/mol. The van der Waals surface area contributed by atoms with Gasteiger partial charge in [-0.2, -0.15) is 0 Å². The number of nitrogens with one attached hydrogen (secondary N) is 1. The molecule has 0 bridgehead atoms. The third kappa shape index (κ3) is 3.86. The van der Waals surface area contributed by atoms with E-state index in [-0.39, 0.29) is 18.3 Å². The molecule has 23 heavy (non-hydrogen) atoms. The highest BCUT2D eigenvalue weighted by molar-refractivity contribution is 9.11. The SMILES string of the molecule is Cc1ccc(C)c(CC(=O)Nc2nnc(-c3ccc(Br)s3)o2)c1. The molecule has 0 spiro atoms. The van der Waals surface area contributed by atoms with Crippen LogP contribution in [0, 0.1) is 13.8 Å². The predicted molar refractivity (Wildman–Crippen MR) is 93.6 cm³/mol. The predicted octanol–water partition coefficient (Wildman–Crippen LogP) is 4.36. The fraction of sp³-hybridized carbons (Fsp3) is 0.188. The van der Waals surface area contributed by atoms with Crippen molar-refractivity contribution < 1.29 is 9.21 Å². The zero-order chi connectivity index (χ0) is 16.4. The Labute approximate surface area is 145 Å². The van der Waals surface area contributed by atoms with Crippen molar-refractivity contribution >= 4 is 39.2 Å². The second-order valence-electron chi connectivity index (χ2n) is 5.17. The molecule has 0 atom stereocenters. The highest BCUT2D eigenvalue weighted by atomic mass is 79.9. The first-order chi connectivity index (χ1) is 11.0. The Hall–Kier alpha value is -1.99. The van der Waals surface area contributed by atoms with Gasteiger partial charge in [0.15, 0.2) is 0 Å². The van der Waals surface area contributed by atoms with Gasteiger partial charge in [-0.3, -0.25) is 10.1 Å². The van der Waals surface area contributed by atoms with Crippen LogP contribution in [0.25, 0.3) is 10.8 Å². The van der Waals surface area contributed by atoms with E-state index >= 15 is 0 Å². The maximum absolute atomic E-state index is 12.2. The van der Waals surface area contributed by atoms with Gasteiger partial charge in [0, 0.05) is 0 Å². The average Bonchev–Trinajstić information content (AvgIpc) is 3.12. The Morgan fingerprint density at radius 2 is 2.09 bits per heavy atom. The van der Waals surface area contributed by atoms with Crippen LogP contribution in [0.2, 0.25) is 0 Å². The van der Waals surface area contributed by atoms with Crippen LogP contribution in [0.15, 0.2) is 38.5 Å². The van der Waals surface area contributed by atoms with Crippen LogP contribution in [-0.2, 0) is 11.2 Å². The molecule has 1 N–H and O–H groups in total. The van der Waals surface area contributed by atoms with Crippen LogP contribution < -0.4 is 5.32 Å². The van der Waals surface area contributed by atoms with E-state index < -0.39 is 0 Å². The molecule has 0 fully saturated rings. The molecule has 0 radical (unpaired) electrons. The molecule has 0 aliphatic heterocycles. The molecule has 2 heterocycles. The molecule has 3 aromatic rings. The number of anilines is 1. The topological polar surface area (TPSA) is 68.0 Å². The Morgan fingerprint density at radius 3 is 2.83 bits per heavy atom. The molecular formula is C16H14BrN3O2S. The van der Waals surface area contributed by atoms with Gasteiger partial charge in [-0.25, -0.2) is 0 Å². The summed E-state index contributed by atoms with van der Waals surface area (Å²) < 4.78 is 6.46. The van der Waals surface area contributed by atoms with Crippen molar-refractivity contribution in [3.8, 4) is 10.8 Å². The standard InChI is InChI=1S/C16H14BrN3O2S/c1-9-3-4-10(2)11(7-9)8-14(21)18-16-20-19-15(22-16)12-5-6-13(17)23-12/h3-7H,8H2,1-2H3,(H,18,20,21). The van der Waals surface area contributed by atoms with E-state index in [1.807, 2.05) is 44.2 Å². The Balaban J connectivity index is 1.69. The molecule has 0 aliphatic rings. The zero-order valence-electron chi connectivity index (χ0n) is 12.6. The number of amides is 1. The lowest BCUT2D eigenvalue weighted by atomic mass is 10.0. The van der Waals surface area contributed by atoms with E-state index in [4.69, 9.17) is 4.42 Å². The lowest BCUT2D eigenvalue weighted by molar-refractivity contribution is -0.115. The van der Waals surface area contributed by atoms with Crippen LogP contribution in [0.3, 0.4) is 0 Å². The molecule has 5 nitrogen and oxygen atoms in total. The van der Waals surface area contributed by atoms with Crippen molar-refractivity contribution in [1.29, 1.82) is 0 Å². The van der Waals surface area contributed by atoms with Crippen molar-refractivity contribution in [2.75, 3.05) is 5.32 Å². The largest absolute Gasteiger partial charge is 0.402 e. The lowest BCUT2D eigenvalue weighted by Crippen LogP contribution is -2.15. The van der Waals surface area contributed by atoms with Gasteiger partial charge in [0.25, 0.3) is 5.89 Å². The van der Waals surface area contributed by atoms with Crippen LogP contribution in [0.1, 0.15) is 16.7 Å². The summed E-state index contributed by atoms with van der Waals surface area (Å²) in [7, 11) is 0. The summed E-state index contributed by atoms with van der Waals surface area (Å²) in [6.07, 6.45) is 0.274. The highest BCUT2D eigenvalue weighted by Gasteiger charge is 2.14. The first-order valence-electron chi connectivity index (χ1n) is 6.96. The molecular weight excluding hydrogens is 378 g/mol. The van der Waals surface area contributed by atoms with Gasteiger partial charge >= 0.3 is 6.01 Å². The Morgan fingerprint density at radius 1 is 1.26 bits per heavy atom. The first kappa shape index (κ1) is 15.9. The van der Waals surface area contributed by atoms with Gasteiger partial charge in [0.1, 0.15) is 0 Å². The fourth-order valence-corrected chi connectivity index (χ4v) is 3.44. The smallest absolute Gasteiger partial charge is 0.322 e. The minimum Gasteiger partial charge on any atom is -0.402 e. The highest BCUT2D eigenvalue weighted by Crippen LogP contribution is 2.30. The van der Waals surface area contributed by atoms with Gasteiger partial charge in [0.05, 0.1) is 15.1 Å². The number of hydrogen-bond acceptors (Lipinski definition) is 5. The molecule has 118 valence electrons. The van der Waals surface area contributed by atoms with Crippen molar-refractivity contribution in [2.45, 2.75) is 20.3 Å². The van der Waals surface area contributed by atoms with E-state index in [0.29, 0.717) is 5.89 Å². The van der Waals surface area contributed by atoms with Crippen LogP contribution in [0.5, 0.6) is 0 Å². The fourth-order valence-electron chi connectivity index (χ4n) is 2.13. The third-order valence-corrected chi connectivity index (χ3v) is 4.92. The van der Waals surface area contributed by atoms with Gasteiger partial charge in [0.2, 0.25) is 5.91 Å². The van der Waals surface area contributed by atoms with E-state index in [0.717, 1.165) is 25.4 Å². The average molecular weight is 392 g/mol. The summed E-state index contributed by atoms with van der Waals surface area (Å²) in [4.78, 5) is 13.0. The number of halogens is 1. The van der Waals surface area contributed by atoms with Gasteiger partial charge in [-0.05, 0) is 53.0 Å². The van der Waals surface area contributed by atoms with Gasteiger partial charge in [-0.15, -0.1) is 16.4 Å². The molecule has 0 aliphatic carbocycles. The number of aryl methyl sites for hydroxylation is 2. The molecule has 2 aromatic heterocycles. The van der Waals surface area contributed by atoms with Crippen molar-refractivity contribution in [3.05, 3.63) is 50.8 Å². The number of hydrogen-bond donors (Lipinski definition) is 1. The number of carbonyl (C=O) groups excluding carboxylic acids is 1. The van der Waals surface area contributed by atoms with Crippen LogP contribution >= 0.6 is 27.3 Å². The van der Waals surface area contributed by atoms with E-state index in [1.165, 1.54) is 11.3 Å². The number of benzene rings is 1. The van der Waals surface area contributed by atoms with E-state index in [2.05, 4.69) is 31.4 Å². The summed E-state index contributed by atoms with van der Waals surface area (Å²) in [5.74, 6) is 0.212. The van der Waals surface area contributed by atoms with Gasteiger partial charge < -0.3 is 4.42 Å². The Kier molecular flexibility index (Phi) is 4.58. The Bertz CT molecular complexity index is 857. The third-order valence-electron chi connectivity index (χ3n) is 3.31. The molecule has 1 aromatic carbocycles. The molecule has 0 saturated carbocycles. The van der Waals surface area contributed by atoms with Crippen molar-refractivity contribution in [2.24, 2.45) is 0 Å². The maximum Gasteiger partial charge on any atom is 0.322 e. The number of nitrogens with zero attached hydrogens (tertiary/aromatic N) is 2. The van der Waals surface area contributed by atoms with E-state index in [1.54, 1.807) is 0 Å².